The Labute approximate surface area is 182 Å². The lowest BCUT2D eigenvalue weighted by Crippen LogP contribution is -2.06. The molecule has 2 aromatic carbocycles. The molecule has 158 valence electrons. The number of benzene rings is 2. The van der Waals surface area contributed by atoms with Crippen molar-refractivity contribution in [3.63, 3.8) is 0 Å². The number of rotatable bonds is 5. The van der Waals surface area contributed by atoms with Gasteiger partial charge in [-0.05, 0) is 59.7 Å². The molecule has 32 heavy (non-hydrogen) atoms. The van der Waals surface area contributed by atoms with Gasteiger partial charge in [0.15, 0.2) is 6.20 Å². The molecule has 0 atom stereocenters. The fourth-order valence-electron chi connectivity index (χ4n) is 3.09. The second-order valence-electron chi connectivity index (χ2n) is 7.01. The fraction of sp³-hybridized carbons (Fsp3) is 0. The van der Waals surface area contributed by atoms with Gasteiger partial charge in [-0.1, -0.05) is 24.3 Å². The van der Waals surface area contributed by atoms with Crippen LogP contribution in [0.3, 0.4) is 0 Å². The minimum Gasteiger partial charge on any atom is -0.250 e. The number of hydrogen-bond donors (Lipinski definition) is 0. The van der Waals surface area contributed by atoms with Crippen molar-refractivity contribution in [2.45, 2.75) is 0 Å². The second kappa shape index (κ2) is 9.39. The van der Waals surface area contributed by atoms with Crippen molar-refractivity contribution in [3.05, 3.63) is 119 Å². The molecule has 0 saturated carbocycles. The largest absolute Gasteiger partial charge is 0.250 e. The maximum atomic E-state index is 13.8. The maximum absolute atomic E-state index is 13.8. The number of pyridine rings is 2. The molecule has 0 saturated heterocycles. The van der Waals surface area contributed by atoms with Gasteiger partial charge < -0.3 is 0 Å². The van der Waals surface area contributed by atoms with Crippen LogP contribution in [0.5, 0.6) is 0 Å². The van der Waals surface area contributed by atoms with E-state index in [1.807, 2.05) is 6.07 Å². The van der Waals surface area contributed by atoms with Crippen LogP contribution in [0.25, 0.3) is 35.7 Å². The predicted octanol–water partition coefficient (Wildman–Crippen LogP) is 6.46. The maximum Gasteiger partial charge on any atom is 0.230 e. The smallest absolute Gasteiger partial charge is 0.230 e. The molecule has 0 spiro atoms. The van der Waals surface area contributed by atoms with E-state index in [1.54, 1.807) is 42.7 Å². The molecule has 0 radical (unpaired) electrons. The van der Waals surface area contributed by atoms with Crippen LogP contribution >= 0.6 is 0 Å². The molecule has 1 N–H and O–H groups in total. The summed E-state index contributed by atoms with van der Waals surface area (Å²) in [6.45, 7) is 0. The lowest BCUT2D eigenvalue weighted by molar-refractivity contribution is -0.364. The van der Waals surface area contributed by atoms with Gasteiger partial charge in [-0.15, -0.1) is 0 Å². The van der Waals surface area contributed by atoms with Crippen molar-refractivity contribution in [2.75, 3.05) is 0 Å². The van der Waals surface area contributed by atoms with Gasteiger partial charge in [0.1, 0.15) is 29.0 Å². The van der Waals surface area contributed by atoms with Gasteiger partial charge in [-0.3, -0.25) is 0 Å². The molecule has 0 aliphatic rings. The van der Waals surface area contributed by atoms with Crippen LogP contribution in [0.15, 0.2) is 73.1 Å². The van der Waals surface area contributed by atoms with Gasteiger partial charge in [0.2, 0.25) is 5.69 Å². The first-order valence-electron chi connectivity index (χ1n) is 9.72. The van der Waals surface area contributed by atoms with Crippen molar-refractivity contribution < 1.29 is 22.5 Å². The summed E-state index contributed by atoms with van der Waals surface area (Å²) in [6.07, 6.45) is 9.65. The Morgan fingerprint density at radius 1 is 0.625 bits per heavy atom. The van der Waals surface area contributed by atoms with Crippen LogP contribution in [0.2, 0.25) is 0 Å². The van der Waals surface area contributed by atoms with E-state index in [0.29, 0.717) is 11.4 Å². The average molecular weight is 433 g/mol. The standard InChI is InChI=1S/C26H16F4N2/c27-21-5-7-23(29)19(15-21)3-1-17-9-11-31-25(13-17)26-14-18(10-12-32-26)2-4-20-16-22(28)6-8-24(20)30/h1-16H/p+1/b3-1+,4-2+. The normalized spacial score (nSPS) is 11.5. The van der Waals surface area contributed by atoms with Crippen LogP contribution in [0, 0.1) is 23.3 Å². The number of hydrogen-bond acceptors (Lipinski definition) is 1. The van der Waals surface area contributed by atoms with Crippen LogP contribution in [0.1, 0.15) is 22.3 Å². The summed E-state index contributed by atoms with van der Waals surface area (Å²) in [4.78, 5) is 7.45. The highest BCUT2D eigenvalue weighted by molar-refractivity contribution is 5.73. The van der Waals surface area contributed by atoms with Crippen molar-refractivity contribution >= 4 is 24.3 Å². The van der Waals surface area contributed by atoms with Crippen molar-refractivity contribution in [1.82, 2.24) is 4.98 Å². The average Bonchev–Trinajstić information content (AvgIpc) is 2.80. The highest BCUT2D eigenvalue weighted by Crippen LogP contribution is 2.19. The molecule has 4 aromatic rings. The number of aromatic amines is 1. The molecule has 0 aliphatic carbocycles. The van der Waals surface area contributed by atoms with Crippen molar-refractivity contribution in [2.24, 2.45) is 0 Å². The first-order chi connectivity index (χ1) is 15.5. The zero-order valence-corrected chi connectivity index (χ0v) is 16.7. The highest BCUT2D eigenvalue weighted by atomic mass is 19.1. The molecule has 2 aromatic heterocycles. The third-order valence-corrected chi connectivity index (χ3v) is 4.71. The van der Waals surface area contributed by atoms with E-state index in [4.69, 9.17) is 0 Å². The number of halogens is 4. The summed E-state index contributed by atoms with van der Waals surface area (Å²) in [5.74, 6) is -2.06. The summed E-state index contributed by atoms with van der Waals surface area (Å²) in [7, 11) is 0. The molecule has 0 unspecified atom stereocenters. The van der Waals surface area contributed by atoms with E-state index in [0.717, 1.165) is 47.5 Å². The van der Waals surface area contributed by atoms with Crippen molar-refractivity contribution in [3.8, 4) is 11.4 Å². The quantitative estimate of drug-likeness (QED) is 0.332. The molecular formula is C26H17F4N2+. The summed E-state index contributed by atoms with van der Waals surface area (Å²) in [6, 6.07) is 13.7. The Bertz CT molecular complexity index is 1230. The molecule has 0 amide bonds. The molecule has 2 nitrogen and oxygen atoms in total. The second-order valence-corrected chi connectivity index (χ2v) is 7.01. The molecule has 0 bridgehead atoms. The minimum absolute atomic E-state index is 0.145. The summed E-state index contributed by atoms with van der Waals surface area (Å²) < 4.78 is 54.3. The molecule has 6 heteroatoms. The summed E-state index contributed by atoms with van der Waals surface area (Å²) >= 11 is 0. The number of nitrogens with zero attached hydrogens (tertiary/aromatic N) is 1. The van der Waals surface area contributed by atoms with Crippen LogP contribution in [-0.4, -0.2) is 4.98 Å². The zero-order chi connectivity index (χ0) is 22.5. The fourth-order valence-corrected chi connectivity index (χ4v) is 3.09. The number of nitrogens with one attached hydrogen (secondary N) is 1. The van der Waals surface area contributed by atoms with Gasteiger partial charge in [0, 0.05) is 29.5 Å². The topological polar surface area (TPSA) is 27.0 Å². The van der Waals surface area contributed by atoms with Gasteiger partial charge in [0.25, 0.3) is 0 Å². The van der Waals surface area contributed by atoms with E-state index in [2.05, 4.69) is 9.97 Å². The molecular weight excluding hydrogens is 416 g/mol. The van der Waals surface area contributed by atoms with Crippen molar-refractivity contribution in [1.29, 1.82) is 0 Å². The minimum atomic E-state index is -0.515. The number of H-pyrrole nitrogens is 1. The third kappa shape index (κ3) is 5.16. The van der Waals surface area contributed by atoms with Crippen LogP contribution in [0.4, 0.5) is 17.6 Å². The third-order valence-electron chi connectivity index (χ3n) is 4.71. The zero-order valence-electron chi connectivity index (χ0n) is 16.7. The lowest BCUT2D eigenvalue weighted by Gasteiger charge is -2.00. The summed E-state index contributed by atoms with van der Waals surface area (Å²) in [5.41, 5.74) is 3.11. The Hall–Kier alpha value is -4.06. The summed E-state index contributed by atoms with van der Waals surface area (Å²) in [5, 5.41) is 0. The van der Waals surface area contributed by atoms with E-state index in [1.165, 1.54) is 12.2 Å². The molecule has 4 rings (SSSR count). The molecule has 0 fully saturated rings. The predicted molar refractivity (Wildman–Crippen MR) is 117 cm³/mol. The van der Waals surface area contributed by atoms with Gasteiger partial charge in [0.05, 0.1) is 0 Å². The SMILES string of the molecule is Fc1ccc(F)c(/C=C/c2ccnc(-c3cc(/C=C/c4cc(F)ccc4F)cc[nH+]3)c2)c1. The van der Waals surface area contributed by atoms with Gasteiger partial charge >= 0.3 is 0 Å². The van der Waals surface area contributed by atoms with Crippen LogP contribution in [-0.2, 0) is 0 Å². The van der Waals surface area contributed by atoms with E-state index < -0.39 is 23.3 Å². The van der Waals surface area contributed by atoms with E-state index in [-0.39, 0.29) is 11.1 Å². The van der Waals surface area contributed by atoms with Gasteiger partial charge in [-0.2, -0.15) is 0 Å². The number of aromatic nitrogens is 2. The van der Waals surface area contributed by atoms with E-state index in [9.17, 15) is 17.6 Å². The first kappa shape index (κ1) is 21.2. The Morgan fingerprint density at radius 3 is 1.84 bits per heavy atom. The Kier molecular flexibility index (Phi) is 6.22. The first-order valence-corrected chi connectivity index (χ1v) is 9.72. The molecule has 0 aliphatic heterocycles. The van der Waals surface area contributed by atoms with E-state index >= 15 is 0 Å². The van der Waals surface area contributed by atoms with Gasteiger partial charge in [-0.25, -0.2) is 27.5 Å². The Morgan fingerprint density at radius 2 is 1.22 bits per heavy atom. The lowest BCUT2D eigenvalue weighted by atomic mass is 10.1. The highest BCUT2D eigenvalue weighted by Gasteiger charge is 2.08. The Balaban J connectivity index is 1.58. The molecule has 2 heterocycles. The monoisotopic (exact) mass is 433 g/mol. The van der Waals surface area contributed by atoms with Crippen LogP contribution < -0.4 is 4.98 Å².